The molecule has 16 heavy (non-hydrogen) atoms. The van der Waals surface area contributed by atoms with E-state index in [1.165, 1.54) is 0 Å². The van der Waals surface area contributed by atoms with Gasteiger partial charge in [0.2, 0.25) is 0 Å². The van der Waals surface area contributed by atoms with E-state index >= 15 is 0 Å². The fourth-order valence-electron chi connectivity index (χ4n) is 1.23. The van der Waals surface area contributed by atoms with E-state index in [1.807, 2.05) is 30.5 Å². The maximum atomic E-state index is 11.8. The number of thioether (sulfide) groups is 1. The second kappa shape index (κ2) is 6.03. The molecule has 0 aliphatic heterocycles. The molecule has 0 aromatic heterocycles. The van der Waals surface area contributed by atoms with Crippen LogP contribution in [0.2, 0.25) is 0 Å². The summed E-state index contributed by atoms with van der Waals surface area (Å²) in [6.45, 7) is 0.345. The van der Waals surface area contributed by atoms with Gasteiger partial charge >= 0.3 is 6.18 Å². The molecule has 90 valence electrons. The van der Waals surface area contributed by atoms with Crippen LogP contribution < -0.4 is 5.32 Å². The number of alkyl halides is 3. The smallest absolute Gasteiger partial charge is 0.385 e. The van der Waals surface area contributed by atoms with Gasteiger partial charge in [0.25, 0.3) is 0 Å². The van der Waals surface area contributed by atoms with Crippen molar-refractivity contribution in [3.05, 3.63) is 24.3 Å². The molecule has 0 heterocycles. The Morgan fingerprint density at radius 3 is 2.31 bits per heavy atom. The number of halogens is 3. The SMILES string of the molecule is CSc1ccc(NCCCC(F)(F)F)cc1. The van der Waals surface area contributed by atoms with Crippen LogP contribution in [-0.4, -0.2) is 19.0 Å². The number of nitrogens with one attached hydrogen (secondary N) is 1. The monoisotopic (exact) mass is 249 g/mol. The van der Waals surface area contributed by atoms with Crippen molar-refractivity contribution >= 4 is 17.4 Å². The fraction of sp³-hybridized carbons (Fsp3) is 0.455. The molecule has 1 aromatic rings. The highest BCUT2D eigenvalue weighted by molar-refractivity contribution is 7.98. The van der Waals surface area contributed by atoms with Crippen LogP contribution in [0.25, 0.3) is 0 Å². The van der Waals surface area contributed by atoms with Crippen LogP contribution in [0.4, 0.5) is 18.9 Å². The molecule has 0 unspecified atom stereocenters. The average Bonchev–Trinajstić information content (AvgIpc) is 2.24. The van der Waals surface area contributed by atoms with Crippen molar-refractivity contribution < 1.29 is 13.2 Å². The first-order chi connectivity index (χ1) is 7.51. The Balaban J connectivity index is 2.27. The van der Waals surface area contributed by atoms with Crippen molar-refractivity contribution in [3.8, 4) is 0 Å². The summed E-state index contributed by atoms with van der Waals surface area (Å²) in [5.41, 5.74) is 0.861. The first kappa shape index (κ1) is 13.2. The summed E-state index contributed by atoms with van der Waals surface area (Å²) in [6, 6.07) is 7.63. The van der Waals surface area contributed by atoms with Crippen molar-refractivity contribution in [2.24, 2.45) is 0 Å². The molecule has 1 N–H and O–H groups in total. The van der Waals surface area contributed by atoms with E-state index < -0.39 is 12.6 Å². The van der Waals surface area contributed by atoms with Crippen LogP contribution in [0.1, 0.15) is 12.8 Å². The van der Waals surface area contributed by atoms with E-state index in [9.17, 15) is 13.2 Å². The maximum absolute atomic E-state index is 11.8. The van der Waals surface area contributed by atoms with Crippen molar-refractivity contribution in [2.45, 2.75) is 23.9 Å². The van der Waals surface area contributed by atoms with Crippen molar-refractivity contribution in [1.29, 1.82) is 0 Å². The van der Waals surface area contributed by atoms with Crippen molar-refractivity contribution in [2.75, 3.05) is 18.1 Å². The molecule has 0 saturated carbocycles. The fourth-order valence-corrected chi connectivity index (χ4v) is 1.64. The number of rotatable bonds is 5. The summed E-state index contributed by atoms with van der Waals surface area (Å²) < 4.78 is 35.5. The lowest BCUT2D eigenvalue weighted by atomic mass is 10.3. The van der Waals surface area contributed by atoms with E-state index in [0.717, 1.165) is 10.6 Å². The van der Waals surface area contributed by atoms with Gasteiger partial charge in [-0.15, -0.1) is 11.8 Å². The maximum Gasteiger partial charge on any atom is 0.389 e. The van der Waals surface area contributed by atoms with Gasteiger partial charge in [0.05, 0.1) is 0 Å². The summed E-state index contributed by atoms with van der Waals surface area (Å²) in [4.78, 5) is 1.14. The zero-order chi connectivity index (χ0) is 12.0. The minimum Gasteiger partial charge on any atom is -0.385 e. The van der Waals surface area contributed by atoms with Crippen molar-refractivity contribution in [3.63, 3.8) is 0 Å². The van der Waals surface area contributed by atoms with Crippen LogP contribution in [0.15, 0.2) is 29.2 Å². The Bertz CT molecular complexity index is 308. The largest absolute Gasteiger partial charge is 0.389 e. The predicted octanol–water partition coefficient (Wildman–Crippen LogP) is 4.16. The first-order valence-electron chi connectivity index (χ1n) is 4.96. The van der Waals surface area contributed by atoms with Crippen LogP contribution in [0.3, 0.4) is 0 Å². The van der Waals surface area contributed by atoms with Crippen LogP contribution in [-0.2, 0) is 0 Å². The Hall–Kier alpha value is -0.840. The summed E-state index contributed by atoms with van der Waals surface area (Å²) in [5.74, 6) is 0. The molecule has 0 aliphatic rings. The Kier molecular flexibility index (Phi) is 4.99. The van der Waals surface area contributed by atoms with E-state index in [-0.39, 0.29) is 6.42 Å². The molecule has 0 radical (unpaired) electrons. The molecule has 1 nitrogen and oxygen atoms in total. The molecular formula is C11H14F3NS. The quantitative estimate of drug-likeness (QED) is 0.621. The first-order valence-corrected chi connectivity index (χ1v) is 6.18. The number of anilines is 1. The second-order valence-corrected chi connectivity index (χ2v) is 4.25. The van der Waals surface area contributed by atoms with Crippen LogP contribution in [0, 0.1) is 0 Å². The molecular weight excluding hydrogens is 235 g/mol. The van der Waals surface area contributed by atoms with Gasteiger partial charge in [-0.1, -0.05) is 0 Å². The minimum atomic E-state index is -4.05. The lowest BCUT2D eigenvalue weighted by molar-refractivity contribution is -0.134. The predicted molar refractivity (Wildman–Crippen MR) is 62.0 cm³/mol. The van der Waals surface area contributed by atoms with Crippen LogP contribution >= 0.6 is 11.8 Å². The van der Waals surface area contributed by atoms with Gasteiger partial charge in [-0.05, 0) is 36.9 Å². The zero-order valence-electron chi connectivity index (χ0n) is 8.97. The Morgan fingerprint density at radius 2 is 1.81 bits per heavy atom. The van der Waals surface area contributed by atoms with Gasteiger partial charge in [-0.3, -0.25) is 0 Å². The lowest BCUT2D eigenvalue weighted by Crippen LogP contribution is -2.10. The highest BCUT2D eigenvalue weighted by atomic mass is 32.2. The normalized spacial score (nSPS) is 11.5. The third-order valence-electron chi connectivity index (χ3n) is 2.06. The standard InChI is InChI=1S/C11H14F3NS/c1-16-10-5-3-9(4-6-10)15-8-2-7-11(12,13)14/h3-6,15H,2,7-8H2,1H3. The van der Waals surface area contributed by atoms with E-state index in [4.69, 9.17) is 0 Å². The Labute approximate surface area is 97.4 Å². The van der Waals surface area contributed by atoms with Gasteiger partial charge in [-0.2, -0.15) is 13.2 Å². The second-order valence-electron chi connectivity index (χ2n) is 3.37. The highest BCUT2D eigenvalue weighted by Crippen LogP contribution is 2.21. The third-order valence-corrected chi connectivity index (χ3v) is 2.80. The van der Waals surface area contributed by atoms with E-state index in [2.05, 4.69) is 5.32 Å². The van der Waals surface area contributed by atoms with Gasteiger partial charge in [0, 0.05) is 23.5 Å². The molecule has 0 saturated heterocycles. The summed E-state index contributed by atoms with van der Waals surface area (Å²) in [6.07, 6.45) is -2.70. The third kappa shape index (κ3) is 5.30. The van der Waals surface area contributed by atoms with E-state index in [1.54, 1.807) is 11.8 Å². The minimum absolute atomic E-state index is 0.105. The highest BCUT2D eigenvalue weighted by Gasteiger charge is 2.25. The van der Waals surface area contributed by atoms with E-state index in [0.29, 0.717) is 6.54 Å². The average molecular weight is 249 g/mol. The van der Waals surface area contributed by atoms with Gasteiger partial charge in [0.1, 0.15) is 0 Å². The molecule has 0 bridgehead atoms. The van der Waals surface area contributed by atoms with Gasteiger partial charge < -0.3 is 5.32 Å². The lowest BCUT2D eigenvalue weighted by Gasteiger charge is -2.08. The topological polar surface area (TPSA) is 12.0 Å². The summed E-state index contributed by atoms with van der Waals surface area (Å²) in [5, 5.41) is 2.96. The molecule has 0 amide bonds. The molecule has 1 aromatic carbocycles. The molecule has 0 fully saturated rings. The molecule has 5 heteroatoms. The van der Waals surface area contributed by atoms with Gasteiger partial charge in [-0.25, -0.2) is 0 Å². The molecule has 0 aliphatic carbocycles. The van der Waals surface area contributed by atoms with Gasteiger partial charge in [0.15, 0.2) is 0 Å². The molecule has 0 spiro atoms. The van der Waals surface area contributed by atoms with Crippen molar-refractivity contribution in [1.82, 2.24) is 0 Å². The summed E-state index contributed by atoms with van der Waals surface area (Å²) in [7, 11) is 0. The number of hydrogen-bond acceptors (Lipinski definition) is 2. The Morgan fingerprint density at radius 1 is 1.19 bits per heavy atom. The summed E-state index contributed by atoms with van der Waals surface area (Å²) >= 11 is 1.63. The molecule has 1 rings (SSSR count). The zero-order valence-corrected chi connectivity index (χ0v) is 9.79. The van der Waals surface area contributed by atoms with Crippen LogP contribution in [0.5, 0.6) is 0 Å². The molecule has 0 atom stereocenters. The number of benzene rings is 1. The number of hydrogen-bond donors (Lipinski definition) is 1.